The van der Waals surface area contributed by atoms with Gasteiger partial charge in [-0.05, 0) is 37.4 Å². The van der Waals surface area contributed by atoms with Crippen LogP contribution in [0.5, 0.6) is 5.75 Å². The first kappa shape index (κ1) is 18.5. The molecule has 7 heteroatoms. The standard InChI is InChI=1S/C17H17Cl2FN2O2/c1-22(9-12-13(19)4-3-5-14(12)20)10-17(23)21-15-8-11(18)6-7-16(15)24-2/h3-8H,9-10H2,1-2H3,(H,21,23). The number of nitrogens with one attached hydrogen (secondary N) is 1. The van der Waals surface area contributed by atoms with Crippen LogP contribution in [0.3, 0.4) is 0 Å². The van der Waals surface area contributed by atoms with E-state index in [0.29, 0.717) is 27.0 Å². The molecule has 0 aliphatic rings. The highest BCUT2D eigenvalue weighted by molar-refractivity contribution is 6.31. The molecule has 1 N–H and O–H groups in total. The van der Waals surface area contributed by atoms with Gasteiger partial charge in [0.15, 0.2) is 0 Å². The Bertz CT molecular complexity index is 720. The lowest BCUT2D eigenvalue weighted by molar-refractivity contribution is -0.117. The number of hydrogen-bond acceptors (Lipinski definition) is 3. The summed E-state index contributed by atoms with van der Waals surface area (Å²) in [6.45, 7) is 0.270. The average molecular weight is 371 g/mol. The Labute approximate surface area is 150 Å². The average Bonchev–Trinajstić information content (AvgIpc) is 2.51. The second-order valence-electron chi connectivity index (χ2n) is 5.27. The van der Waals surface area contributed by atoms with E-state index in [9.17, 15) is 9.18 Å². The molecule has 0 aliphatic heterocycles. The van der Waals surface area contributed by atoms with Crippen LogP contribution < -0.4 is 10.1 Å². The summed E-state index contributed by atoms with van der Waals surface area (Å²) in [5.41, 5.74) is 0.835. The molecule has 24 heavy (non-hydrogen) atoms. The van der Waals surface area contributed by atoms with E-state index in [4.69, 9.17) is 27.9 Å². The summed E-state index contributed by atoms with van der Waals surface area (Å²) in [7, 11) is 3.21. The van der Waals surface area contributed by atoms with Crippen molar-refractivity contribution < 1.29 is 13.9 Å². The molecule has 0 aliphatic carbocycles. The number of carbonyl (C=O) groups excluding carboxylic acids is 1. The van der Waals surface area contributed by atoms with Crippen LogP contribution in [-0.4, -0.2) is 31.5 Å². The van der Waals surface area contributed by atoms with Crippen molar-refractivity contribution in [1.82, 2.24) is 4.90 Å². The van der Waals surface area contributed by atoms with Gasteiger partial charge in [-0.25, -0.2) is 4.39 Å². The number of hydrogen-bond donors (Lipinski definition) is 1. The van der Waals surface area contributed by atoms with Crippen LogP contribution in [0.4, 0.5) is 10.1 Å². The van der Waals surface area contributed by atoms with Crippen molar-refractivity contribution in [3.8, 4) is 5.75 Å². The Balaban J connectivity index is 2.01. The third kappa shape index (κ3) is 4.84. The van der Waals surface area contributed by atoms with Crippen LogP contribution in [0.15, 0.2) is 36.4 Å². The number of likely N-dealkylation sites (N-methyl/N-ethyl adjacent to an activating group) is 1. The highest BCUT2D eigenvalue weighted by atomic mass is 35.5. The number of nitrogens with zero attached hydrogens (tertiary/aromatic N) is 1. The zero-order valence-corrected chi connectivity index (χ0v) is 14.8. The summed E-state index contributed by atoms with van der Waals surface area (Å²) in [5, 5.41) is 3.55. The van der Waals surface area contributed by atoms with Crippen LogP contribution in [0.1, 0.15) is 5.56 Å². The molecule has 0 saturated carbocycles. The molecule has 0 atom stereocenters. The van der Waals surface area contributed by atoms with Gasteiger partial charge in [0.05, 0.1) is 19.3 Å². The first-order chi connectivity index (χ1) is 11.4. The normalized spacial score (nSPS) is 10.8. The van der Waals surface area contributed by atoms with Crippen LogP contribution in [-0.2, 0) is 11.3 Å². The van der Waals surface area contributed by atoms with Crippen LogP contribution >= 0.6 is 23.2 Å². The summed E-state index contributed by atoms with van der Waals surface area (Å²) in [5.74, 6) is -0.163. The molecule has 0 fully saturated rings. The molecule has 4 nitrogen and oxygen atoms in total. The van der Waals surface area contributed by atoms with Gasteiger partial charge < -0.3 is 10.1 Å². The summed E-state index contributed by atoms with van der Waals surface area (Å²) in [6.07, 6.45) is 0. The maximum atomic E-state index is 13.8. The van der Waals surface area contributed by atoms with Crippen molar-refractivity contribution in [2.45, 2.75) is 6.54 Å². The van der Waals surface area contributed by atoms with Crippen molar-refractivity contribution in [1.29, 1.82) is 0 Å². The fourth-order valence-electron chi connectivity index (χ4n) is 2.22. The number of carbonyl (C=O) groups is 1. The number of halogens is 3. The molecule has 2 aromatic rings. The van der Waals surface area contributed by atoms with Gasteiger partial charge in [-0.15, -0.1) is 0 Å². The van der Waals surface area contributed by atoms with Crippen molar-refractivity contribution in [3.63, 3.8) is 0 Å². The van der Waals surface area contributed by atoms with E-state index in [0.717, 1.165) is 0 Å². The highest BCUT2D eigenvalue weighted by Gasteiger charge is 2.14. The lowest BCUT2D eigenvalue weighted by Gasteiger charge is -2.18. The van der Waals surface area contributed by atoms with Gasteiger partial charge in [0.1, 0.15) is 11.6 Å². The number of ether oxygens (including phenoxy) is 1. The molecule has 2 rings (SSSR count). The van der Waals surface area contributed by atoms with Gasteiger partial charge in [0, 0.05) is 22.2 Å². The Kier molecular flexibility index (Phi) is 6.43. The highest BCUT2D eigenvalue weighted by Crippen LogP contribution is 2.27. The Morgan fingerprint density at radius 1 is 1.29 bits per heavy atom. The Morgan fingerprint density at radius 2 is 2.04 bits per heavy atom. The SMILES string of the molecule is COc1ccc(Cl)cc1NC(=O)CN(C)Cc1c(F)cccc1Cl. The molecule has 2 aromatic carbocycles. The second kappa shape index (κ2) is 8.33. The first-order valence-corrected chi connectivity index (χ1v) is 7.91. The second-order valence-corrected chi connectivity index (χ2v) is 6.11. The monoisotopic (exact) mass is 370 g/mol. The minimum Gasteiger partial charge on any atom is -0.495 e. The summed E-state index contributed by atoms with van der Waals surface area (Å²) < 4.78 is 19.0. The van der Waals surface area contributed by atoms with Gasteiger partial charge in [0.2, 0.25) is 5.91 Å². The minimum atomic E-state index is -0.397. The molecule has 0 spiro atoms. The van der Waals surface area contributed by atoms with Crippen molar-refractivity contribution in [3.05, 3.63) is 57.8 Å². The third-order valence-electron chi connectivity index (χ3n) is 3.34. The van der Waals surface area contributed by atoms with E-state index in [1.165, 1.54) is 13.2 Å². The molecular weight excluding hydrogens is 354 g/mol. The van der Waals surface area contributed by atoms with E-state index in [1.807, 2.05) is 0 Å². The molecule has 0 saturated heterocycles. The molecule has 0 radical (unpaired) electrons. The molecule has 0 bridgehead atoms. The van der Waals surface area contributed by atoms with Gasteiger partial charge >= 0.3 is 0 Å². The number of rotatable bonds is 6. The quantitative estimate of drug-likeness (QED) is 0.827. The number of methoxy groups -OCH3 is 1. The van der Waals surface area contributed by atoms with Gasteiger partial charge in [-0.2, -0.15) is 0 Å². The molecule has 128 valence electrons. The van der Waals surface area contributed by atoms with E-state index in [1.54, 1.807) is 42.3 Å². The lowest BCUT2D eigenvalue weighted by atomic mass is 10.2. The minimum absolute atomic E-state index is 0.0559. The fraction of sp³-hybridized carbons (Fsp3) is 0.235. The van der Waals surface area contributed by atoms with Crippen LogP contribution in [0.25, 0.3) is 0 Å². The molecule has 0 heterocycles. The van der Waals surface area contributed by atoms with E-state index in [-0.39, 0.29) is 19.0 Å². The predicted molar refractivity (Wildman–Crippen MR) is 94.4 cm³/mol. The maximum absolute atomic E-state index is 13.8. The smallest absolute Gasteiger partial charge is 0.238 e. The summed E-state index contributed by atoms with van der Waals surface area (Å²) in [6, 6.07) is 9.44. The Morgan fingerprint density at radius 3 is 2.71 bits per heavy atom. The summed E-state index contributed by atoms with van der Waals surface area (Å²) >= 11 is 11.9. The molecule has 0 unspecified atom stereocenters. The van der Waals surface area contributed by atoms with Crippen molar-refractivity contribution in [2.75, 3.05) is 26.0 Å². The van der Waals surface area contributed by atoms with Crippen LogP contribution in [0, 0.1) is 5.82 Å². The largest absolute Gasteiger partial charge is 0.495 e. The Hall–Kier alpha value is -1.82. The first-order valence-electron chi connectivity index (χ1n) is 7.15. The van der Waals surface area contributed by atoms with Gasteiger partial charge in [-0.1, -0.05) is 29.3 Å². The van der Waals surface area contributed by atoms with Crippen molar-refractivity contribution in [2.24, 2.45) is 0 Å². The third-order valence-corrected chi connectivity index (χ3v) is 3.93. The summed E-state index contributed by atoms with van der Waals surface area (Å²) in [4.78, 5) is 13.8. The predicted octanol–water partition coefficient (Wildman–Crippen LogP) is 4.21. The maximum Gasteiger partial charge on any atom is 0.238 e. The lowest BCUT2D eigenvalue weighted by Crippen LogP contribution is -2.30. The zero-order chi connectivity index (χ0) is 17.7. The van der Waals surface area contributed by atoms with E-state index < -0.39 is 5.82 Å². The molecule has 0 aromatic heterocycles. The van der Waals surface area contributed by atoms with E-state index >= 15 is 0 Å². The van der Waals surface area contributed by atoms with Crippen molar-refractivity contribution >= 4 is 34.8 Å². The topological polar surface area (TPSA) is 41.6 Å². The molecular formula is C17H17Cl2FN2O2. The zero-order valence-electron chi connectivity index (χ0n) is 13.3. The number of amides is 1. The fourth-order valence-corrected chi connectivity index (χ4v) is 2.62. The van der Waals surface area contributed by atoms with Crippen LogP contribution in [0.2, 0.25) is 10.0 Å². The molecule has 1 amide bonds. The van der Waals surface area contributed by atoms with Gasteiger partial charge in [-0.3, -0.25) is 9.69 Å². The van der Waals surface area contributed by atoms with E-state index in [2.05, 4.69) is 5.32 Å². The number of anilines is 1. The van der Waals surface area contributed by atoms with Gasteiger partial charge in [0.25, 0.3) is 0 Å². The number of benzene rings is 2.